The molecule has 0 bridgehead atoms. The van der Waals surface area contributed by atoms with Crippen LogP contribution in [0.4, 0.5) is 0 Å². The van der Waals surface area contributed by atoms with E-state index in [4.69, 9.17) is 11.6 Å². The first-order chi connectivity index (χ1) is 8.09. The van der Waals surface area contributed by atoms with Gasteiger partial charge in [0.2, 0.25) is 0 Å². The van der Waals surface area contributed by atoms with Gasteiger partial charge in [-0.3, -0.25) is 4.90 Å². The molecule has 2 heterocycles. The second-order valence-corrected chi connectivity index (χ2v) is 7.66. The lowest BCUT2D eigenvalue weighted by Gasteiger charge is -2.17. The Morgan fingerprint density at radius 1 is 1.41 bits per heavy atom. The Morgan fingerprint density at radius 2 is 2.24 bits per heavy atom. The predicted octanol–water partition coefficient (Wildman–Crippen LogP) is 1.50. The molecule has 7 heteroatoms. The Labute approximate surface area is 111 Å². The number of sulfone groups is 1. The number of alkyl halides is 1. The van der Waals surface area contributed by atoms with Gasteiger partial charge in [-0.1, -0.05) is 0 Å². The fraction of sp³-hybridized carbons (Fsp3) is 0.700. The normalized spacial score (nSPS) is 21.2. The molecular weight excluding hydrogens is 280 g/mol. The molecule has 0 saturated carbocycles. The number of aromatic nitrogens is 1. The van der Waals surface area contributed by atoms with E-state index in [-0.39, 0.29) is 5.75 Å². The minimum atomic E-state index is -2.82. The van der Waals surface area contributed by atoms with Crippen molar-refractivity contribution in [2.24, 2.45) is 0 Å². The summed E-state index contributed by atoms with van der Waals surface area (Å²) in [7, 11) is -2.82. The third kappa shape index (κ3) is 3.91. The van der Waals surface area contributed by atoms with Gasteiger partial charge in [0.05, 0.1) is 29.6 Å². The van der Waals surface area contributed by atoms with Crippen LogP contribution in [0.2, 0.25) is 0 Å². The van der Waals surface area contributed by atoms with E-state index in [1.165, 1.54) is 0 Å². The van der Waals surface area contributed by atoms with E-state index < -0.39 is 9.84 Å². The molecule has 1 saturated heterocycles. The summed E-state index contributed by atoms with van der Waals surface area (Å²) in [6.45, 7) is 2.17. The number of hydrogen-bond donors (Lipinski definition) is 0. The number of nitrogens with zero attached hydrogens (tertiary/aromatic N) is 2. The Balaban J connectivity index is 1.95. The summed E-state index contributed by atoms with van der Waals surface area (Å²) in [6, 6.07) is 0. The number of hydrogen-bond acceptors (Lipinski definition) is 5. The molecule has 1 aliphatic rings. The molecule has 0 aliphatic carbocycles. The van der Waals surface area contributed by atoms with Crippen molar-refractivity contribution in [1.29, 1.82) is 0 Å². The summed E-state index contributed by atoms with van der Waals surface area (Å²) in [5.41, 5.74) is 0.897. The fourth-order valence-electron chi connectivity index (χ4n) is 1.82. The van der Waals surface area contributed by atoms with Gasteiger partial charge in [0, 0.05) is 11.9 Å². The van der Waals surface area contributed by atoms with Crippen LogP contribution in [0.15, 0.2) is 5.38 Å². The molecule has 0 atom stereocenters. The highest BCUT2D eigenvalue weighted by atomic mass is 35.5. The summed E-state index contributed by atoms with van der Waals surface area (Å²) in [4.78, 5) is 6.54. The average Bonchev–Trinajstić information content (AvgIpc) is 2.66. The molecule has 0 N–H and O–H groups in total. The van der Waals surface area contributed by atoms with E-state index >= 15 is 0 Å². The van der Waals surface area contributed by atoms with Crippen molar-refractivity contribution in [2.45, 2.75) is 18.8 Å². The van der Waals surface area contributed by atoms with Crippen LogP contribution in [0, 0.1) is 0 Å². The molecule has 1 aromatic rings. The maximum Gasteiger partial charge on any atom is 0.151 e. The Hall–Kier alpha value is -0.170. The smallest absolute Gasteiger partial charge is 0.151 e. The molecule has 0 amide bonds. The van der Waals surface area contributed by atoms with Gasteiger partial charge in [0.1, 0.15) is 5.01 Å². The van der Waals surface area contributed by atoms with Gasteiger partial charge in [-0.25, -0.2) is 13.4 Å². The minimum absolute atomic E-state index is 0.265. The van der Waals surface area contributed by atoms with E-state index in [1.807, 2.05) is 5.38 Å². The largest absolute Gasteiger partial charge is 0.296 e. The molecule has 4 nitrogen and oxygen atoms in total. The van der Waals surface area contributed by atoms with Crippen LogP contribution < -0.4 is 0 Å². The Bertz CT molecular complexity index is 472. The van der Waals surface area contributed by atoms with Gasteiger partial charge in [-0.05, 0) is 13.0 Å². The molecule has 0 spiro atoms. The topological polar surface area (TPSA) is 50.3 Å². The van der Waals surface area contributed by atoms with Crippen molar-refractivity contribution in [3.8, 4) is 0 Å². The van der Waals surface area contributed by atoms with Crippen molar-refractivity contribution in [2.75, 3.05) is 24.6 Å². The van der Waals surface area contributed by atoms with E-state index in [1.54, 1.807) is 11.3 Å². The second kappa shape index (κ2) is 5.65. The van der Waals surface area contributed by atoms with Crippen LogP contribution in [0.3, 0.4) is 0 Å². The molecule has 0 unspecified atom stereocenters. The highest BCUT2D eigenvalue weighted by Crippen LogP contribution is 2.15. The van der Waals surface area contributed by atoms with Crippen molar-refractivity contribution in [1.82, 2.24) is 9.88 Å². The zero-order chi connectivity index (χ0) is 12.3. The van der Waals surface area contributed by atoms with Crippen molar-refractivity contribution >= 4 is 32.8 Å². The van der Waals surface area contributed by atoms with Crippen LogP contribution in [-0.2, 0) is 22.3 Å². The first kappa shape index (κ1) is 13.3. The SMILES string of the molecule is O=S1(=O)CCCN(Cc2nc(CCl)cs2)CC1. The molecule has 2 rings (SSSR count). The van der Waals surface area contributed by atoms with Gasteiger partial charge in [-0.15, -0.1) is 22.9 Å². The Kier molecular flexibility index (Phi) is 4.41. The summed E-state index contributed by atoms with van der Waals surface area (Å²) in [6.07, 6.45) is 0.718. The molecule has 0 aromatic carbocycles. The van der Waals surface area contributed by atoms with Crippen LogP contribution in [0.5, 0.6) is 0 Å². The highest BCUT2D eigenvalue weighted by Gasteiger charge is 2.19. The lowest BCUT2D eigenvalue weighted by atomic mass is 10.4. The quantitative estimate of drug-likeness (QED) is 0.793. The zero-order valence-electron chi connectivity index (χ0n) is 9.43. The van der Waals surface area contributed by atoms with E-state index in [2.05, 4.69) is 9.88 Å². The van der Waals surface area contributed by atoms with Crippen molar-refractivity contribution < 1.29 is 8.42 Å². The molecule has 1 aromatic heterocycles. The van der Waals surface area contributed by atoms with Crippen LogP contribution >= 0.6 is 22.9 Å². The Morgan fingerprint density at radius 3 is 2.94 bits per heavy atom. The highest BCUT2D eigenvalue weighted by molar-refractivity contribution is 7.91. The first-order valence-corrected chi connectivity index (χ1v) is 8.74. The lowest BCUT2D eigenvalue weighted by Crippen LogP contribution is -2.26. The summed E-state index contributed by atoms with van der Waals surface area (Å²) < 4.78 is 22.9. The molecule has 1 aliphatic heterocycles. The van der Waals surface area contributed by atoms with Crippen LogP contribution in [-0.4, -0.2) is 42.9 Å². The van der Waals surface area contributed by atoms with E-state index in [0.717, 1.165) is 30.2 Å². The third-order valence-electron chi connectivity index (χ3n) is 2.74. The average molecular weight is 295 g/mol. The molecule has 1 fully saturated rings. The minimum Gasteiger partial charge on any atom is -0.296 e. The maximum atomic E-state index is 11.5. The molecular formula is C10H15ClN2O2S2. The molecule has 17 heavy (non-hydrogen) atoms. The fourth-order valence-corrected chi connectivity index (χ4v) is 4.20. The van der Waals surface area contributed by atoms with Gasteiger partial charge in [0.15, 0.2) is 9.84 Å². The summed E-state index contributed by atoms with van der Waals surface area (Å²) in [5, 5.41) is 2.97. The summed E-state index contributed by atoms with van der Waals surface area (Å²) in [5.74, 6) is 1.01. The van der Waals surface area contributed by atoms with Crippen molar-refractivity contribution in [3.05, 3.63) is 16.1 Å². The second-order valence-electron chi connectivity index (χ2n) is 4.15. The van der Waals surface area contributed by atoms with Gasteiger partial charge in [0.25, 0.3) is 0 Å². The van der Waals surface area contributed by atoms with Gasteiger partial charge < -0.3 is 0 Å². The number of rotatable bonds is 3. The third-order valence-corrected chi connectivity index (χ3v) is 5.61. The molecule has 0 radical (unpaired) electrons. The zero-order valence-corrected chi connectivity index (χ0v) is 11.8. The monoisotopic (exact) mass is 294 g/mol. The molecule has 96 valence electrons. The van der Waals surface area contributed by atoms with E-state index in [0.29, 0.717) is 18.2 Å². The van der Waals surface area contributed by atoms with Gasteiger partial charge >= 0.3 is 0 Å². The summed E-state index contributed by atoms with van der Waals surface area (Å²) >= 11 is 7.29. The van der Waals surface area contributed by atoms with Crippen LogP contribution in [0.25, 0.3) is 0 Å². The maximum absolute atomic E-state index is 11.5. The lowest BCUT2D eigenvalue weighted by molar-refractivity contribution is 0.286. The predicted molar refractivity (Wildman–Crippen MR) is 70.2 cm³/mol. The van der Waals surface area contributed by atoms with E-state index in [9.17, 15) is 8.42 Å². The van der Waals surface area contributed by atoms with Gasteiger partial charge in [-0.2, -0.15) is 0 Å². The standard InChI is InChI=1S/C10H15ClN2O2S2/c11-6-9-8-16-10(12-9)7-13-2-1-4-17(14,15)5-3-13/h8H,1-7H2. The number of thiazole rings is 1. The van der Waals surface area contributed by atoms with Crippen molar-refractivity contribution in [3.63, 3.8) is 0 Å². The van der Waals surface area contributed by atoms with Crippen LogP contribution in [0.1, 0.15) is 17.1 Å². The first-order valence-electron chi connectivity index (χ1n) is 5.51. The number of halogens is 1.